The first-order valence-corrected chi connectivity index (χ1v) is 7.74. The van der Waals surface area contributed by atoms with E-state index < -0.39 is 11.8 Å². The maximum atomic E-state index is 12.8. The highest BCUT2D eigenvalue weighted by atomic mass is 16.7. The van der Waals surface area contributed by atoms with Gasteiger partial charge in [-0.1, -0.05) is 42.5 Å². The van der Waals surface area contributed by atoms with E-state index in [4.69, 9.17) is 9.47 Å². The monoisotopic (exact) mass is 336 g/mol. The van der Waals surface area contributed by atoms with E-state index in [1.54, 1.807) is 24.3 Å². The van der Waals surface area contributed by atoms with Gasteiger partial charge >= 0.3 is 11.8 Å². The fourth-order valence-corrected chi connectivity index (χ4v) is 2.69. The number of hydrogen-bond donors (Lipinski definition) is 0. The van der Waals surface area contributed by atoms with Gasteiger partial charge in [-0.15, -0.1) is 0 Å². The van der Waals surface area contributed by atoms with Crippen LogP contribution in [0, 0.1) is 0 Å². The zero-order valence-electron chi connectivity index (χ0n) is 13.8. The molecule has 0 N–H and O–H groups in total. The number of carbonyl (C=O) groups excluding carboxylic acids is 3. The number of fused-ring (bicyclic) bond motifs is 2. The summed E-state index contributed by atoms with van der Waals surface area (Å²) < 4.78 is 10.8. The average Bonchev–Trinajstić information content (AvgIpc) is 3.07. The van der Waals surface area contributed by atoms with E-state index in [1.165, 1.54) is 20.1 Å². The second-order valence-corrected chi connectivity index (χ2v) is 5.80. The van der Waals surface area contributed by atoms with Gasteiger partial charge in [0.15, 0.2) is 0 Å². The number of ketones is 2. The Morgan fingerprint density at radius 2 is 1.52 bits per heavy atom. The number of benzene rings is 2. The molecule has 1 spiro atoms. The molecule has 0 amide bonds. The van der Waals surface area contributed by atoms with Gasteiger partial charge in [-0.25, -0.2) is 4.79 Å². The quantitative estimate of drug-likeness (QED) is 0.748. The van der Waals surface area contributed by atoms with Crippen LogP contribution in [0.15, 0.2) is 60.9 Å². The van der Waals surface area contributed by atoms with Crippen molar-refractivity contribution in [2.75, 3.05) is 0 Å². The summed E-state index contributed by atoms with van der Waals surface area (Å²) in [6.07, 6.45) is 1.37. The van der Waals surface area contributed by atoms with Crippen molar-refractivity contribution in [3.8, 4) is 0 Å². The molecule has 2 aliphatic rings. The van der Waals surface area contributed by atoms with Crippen molar-refractivity contribution >= 4 is 23.1 Å². The summed E-state index contributed by atoms with van der Waals surface area (Å²) in [5, 5.41) is 0. The minimum atomic E-state index is -1.65. The standard InChI is InChI=1S/C17H10O4.C3H6O/c18-15-13(11-6-2-1-3-7-11)10-20-17(15)14-9-5-4-8-12(14)16(19)21-17;1-3(2)4/h1-10H;1-2H3. The molecule has 0 aromatic heterocycles. The topological polar surface area (TPSA) is 69.7 Å². The highest BCUT2D eigenvalue weighted by molar-refractivity contribution is 6.27. The Balaban J connectivity index is 0.000000415. The number of hydrogen-bond acceptors (Lipinski definition) is 5. The largest absolute Gasteiger partial charge is 0.449 e. The zero-order valence-corrected chi connectivity index (χ0v) is 13.8. The van der Waals surface area contributed by atoms with E-state index in [0.29, 0.717) is 16.7 Å². The van der Waals surface area contributed by atoms with Crippen molar-refractivity contribution < 1.29 is 23.9 Å². The normalized spacial score (nSPS) is 20.2. The lowest BCUT2D eigenvalue weighted by Gasteiger charge is -2.20. The van der Waals surface area contributed by atoms with Crippen LogP contribution in [0.5, 0.6) is 0 Å². The summed E-state index contributed by atoms with van der Waals surface area (Å²) in [6.45, 7) is 3.06. The molecule has 0 saturated heterocycles. The molecular formula is C20H16O5. The molecule has 2 heterocycles. The highest BCUT2D eigenvalue weighted by Crippen LogP contribution is 2.45. The van der Waals surface area contributed by atoms with Gasteiger partial charge in [-0.2, -0.15) is 0 Å². The first-order valence-electron chi connectivity index (χ1n) is 7.74. The van der Waals surface area contributed by atoms with E-state index >= 15 is 0 Å². The van der Waals surface area contributed by atoms with Crippen molar-refractivity contribution in [2.45, 2.75) is 19.6 Å². The molecule has 126 valence electrons. The molecule has 0 radical (unpaired) electrons. The lowest BCUT2D eigenvalue weighted by molar-refractivity contribution is -0.173. The average molecular weight is 336 g/mol. The second-order valence-electron chi connectivity index (χ2n) is 5.80. The summed E-state index contributed by atoms with van der Waals surface area (Å²) in [4.78, 5) is 34.2. The fraction of sp³-hybridized carbons (Fsp3) is 0.150. The predicted molar refractivity (Wildman–Crippen MR) is 90.4 cm³/mol. The lowest BCUT2D eigenvalue weighted by Crippen LogP contribution is -2.34. The van der Waals surface area contributed by atoms with E-state index in [0.717, 1.165) is 5.56 Å². The van der Waals surface area contributed by atoms with Crippen LogP contribution < -0.4 is 0 Å². The van der Waals surface area contributed by atoms with Crippen LogP contribution in [0.2, 0.25) is 0 Å². The van der Waals surface area contributed by atoms with Crippen molar-refractivity contribution in [3.05, 3.63) is 77.5 Å². The van der Waals surface area contributed by atoms with E-state index in [9.17, 15) is 14.4 Å². The smallest absolute Gasteiger partial charge is 0.347 e. The Morgan fingerprint density at radius 3 is 2.20 bits per heavy atom. The molecule has 25 heavy (non-hydrogen) atoms. The van der Waals surface area contributed by atoms with Crippen LogP contribution in [0.25, 0.3) is 5.57 Å². The van der Waals surface area contributed by atoms with Crippen LogP contribution in [0.3, 0.4) is 0 Å². The molecule has 0 fully saturated rings. The van der Waals surface area contributed by atoms with Gasteiger partial charge in [0.2, 0.25) is 0 Å². The van der Waals surface area contributed by atoms with Gasteiger partial charge in [-0.3, -0.25) is 4.79 Å². The Hall–Kier alpha value is -3.21. The summed E-state index contributed by atoms with van der Waals surface area (Å²) in [6, 6.07) is 16.0. The molecular weight excluding hydrogens is 320 g/mol. The van der Waals surface area contributed by atoms with Gasteiger partial charge < -0.3 is 14.3 Å². The van der Waals surface area contributed by atoms with Crippen molar-refractivity contribution in [3.63, 3.8) is 0 Å². The van der Waals surface area contributed by atoms with Crippen LogP contribution >= 0.6 is 0 Å². The van der Waals surface area contributed by atoms with Gasteiger partial charge in [-0.05, 0) is 31.5 Å². The third kappa shape index (κ3) is 2.85. The highest BCUT2D eigenvalue weighted by Gasteiger charge is 2.57. The number of ether oxygens (including phenoxy) is 2. The Kier molecular flexibility index (Phi) is 4.23. The SMILES string of the molecule is CC(C)=O.O=C1OC2(OC=C(c3ccccc3)C2=O)c2ccccc21. The number of carbonyl (C=O) groups is 3. The molecule has 1 unspecified atom stereocenters. The van der Waals surface area contributed by atoms with Crippen LogP contribution in [-0.2, 0) is 24.8 Å². The van der Waals surface area contributed by atoms with Gasteiger partial charge in [0.05, 0.1) is 16.7 Å². The van der Waals surface area contributed by atoms with Gasteiger partial charge in [0.25, 0.3) is 5.78 Å². The summed E-state index contributed by atoms with van der Waals surface area (Å²) in [5.41, 5.74) is 1.97. The van der Waals surface area contributed by atoms with Crippen molar-refractivity contribution in [1.82, 2.24) is 0 Å². The minimum Gasteiger partial charge on any atom is -0.449 e. The molecule has 5 nitrogen and oxygen atoms in total. The predicted octanol–water partition coefficient (Wildman–Crippen LogP) is 3.25. The van der Waals surface area contributed by atoms with Crippen LogP contribution in [0.1, 0.15) is 35.3 Å². The molecule has 1 atom stereocenters. The molecule has 5 heteroatoms. The van der Waals surface area contributed by atoms with E-state index in [2.05, 4.69) is 0 Å². The molecule has 2 aromatic rings. The number of Topliss-reactive ketones (excluding diaryl/α,β-unsaturated/α-hetero) is 2. The number of esters is 1. The lowest BCUT2D eigenvalue weighted by atomic mass is 9.94. The molecule has 0 aliphatic carbocycles. The molecule has 0 bridgehead atoms. The first kappa shape index (κ1) is 16.6. The Labute approximate surface area is 144 Å². The third-order valence-electron chi connectivity index (χ3n) is 3.71. The summed E-state index contributed by atoms with van der Waals surface area (Å²) in [7, 11) is 0. The van der Waals surface area contributed by atoms with Gasteiger partial charge in [0.1, 0.15) is 12.0 Å². The molecule has 2 aromatic carbocycles. The Morgan fingerprint density at radius 1 is 0.920 bits per heavy atom. The maximum Gasteiger partial charge on any atom is 0.347 e. The zero-order chi connectivity index (χ0) is 18.0. The van der Waals surface area contributed by atoms with E-state index in [1.807, 2.05) is 30.3 Å². The van der Waals surface area contributed by atoms with Crippen molar-refractivity contribution in [1.29, 1.82) is 0 Å². The first-order chi connectivity index (χ1) is 12.0. The van der Waals surface area contributed by atoms with E-state index in [-0.39, 0.29) is 11.6 Å². The second kappa shape index (κ2) is 6.36. The van der Waals surface area contributed by atoms with Gasteiger partial charge in [0, 0.05) is 0 Å². The van der Waals surface area contributed by atoms with Crippen LogP contribution in [0.4, 0.5) is 0 Å². The number of rotatable bonds is 1. The third-order valence-corrected chi connectivity index (χ3v) is 3.71. The fourth-order valence-electron chi connectivity index (χ4n) is 2.69. The van der Waals surface area contributed by atoms with Crippen molar-refractivity contribution in [2.24, 2.45) is 0 Å². The molecule has 2 aliphatic heterocycles. The summed E-state index contributed by atoms with van der Waals surface area (Å²) in [5.74, 6) is -2.38. The molecule has 4 rings (SSSR count). The van der Waals surface area contributed by atoms with Crippen LogP contribution in [-0.4, -0.2) is 17.5 Å². The minimum absolute atomic E-state index is 0.167. The summed E-state index contributed by atoms with van der Waals surface area (Å²) >= 11 is 0. The maximum absolute atomic E-state index is 12.8. The Bertz CT molecular complexity index is 878. The molecule has 0 saturated carbocycles.